The lowest BCUT2D eigenvalue weighted by Crippen LogP contribution is -2.36. The Bertz CT molecular complexity index is 981. The van der Waals surface area contributed by atoms with Crippen LogP contribution in [0, 0.1) is 0 Å². The van der Waals surface area contributed by atoms with Crippen LogP contribution in [0.4, 0.5) is 10.5 Å². The van der Waals surface area contributed by atoms with Gasteiger partial charge in [0.25, 0.3) is 5.91 Å². The smallest absolute Gasteiger partial charge is 0.412 e. The Morgan fingerprint density at radius 1 is 1.00 bits per heavy atom. The fourth-order valence-electron chi connectivity index (χ4n) is 3.61. The van der Waals surface area contributed by atoms with Crippen LogP contribution in [0.25, 0.3) is 0 Å². The lowest BCUT2D eigenvalue weighted by molar-refractivity contribution is 0.0634. The second-order valence-corrected chi connectivity index (χ2v) is 8.62. The van der Waals surface area contributed by atoms with Crippen LogP contribution < -0.4 is 14.8 Å². The summed E-state index contributed by atoms with van der Waals surface area (Å²) in [5.41, 5.74) is 2.66. The van der Waals surface area contributed by atoms with Crippen LogP contribution in [-0.2, 0) is 17.7 Å². The van der Waals surface area contributed by atoms with Crippen molar-refractivity contribution in [2.45, 2.75) is 53.2 Å². The van der Waals surface area contributed by atoms with Gasteiger partial charge < -0.3 is 19.1 Å². The van der Waals surface area contributed by atoms with Gasteiger partial charge in [-0.1, -0.05) is 6.07 Å². The van der Waals surface area contributed by atoms with Crippen LogP contribution in [0.15, 0.2) is 36.4 Å². The van der Waals surface area contributed by atoms with Crippen molar-refractivity contribution in [3.8, 4) is 11.5 Å². The third-order valence-electron chi connectivity index (χ3n) is 4.92. The first-order valence-corrected chi connectivity index (χ1v) is 11.0. The minimum absolute atomic E-state index is 0.0877. The van der Waals surface area contributed by atoms with E-state index < -0.39 is 11.7 Å². The molecule has 32 heavy (non-hydrogen) atoms. The molecule has 0 aromatic heterocycles. The summed E-state index contributed by atoms with van der Waals surface area (Å²) in [6.45, 7) is 11.5. The maximum atomic E-state index is 13.2. The number of carbonyl (C=O) groups is 2. The highest BCUT2D eigenvalue weighted by atomic mass is 16.6. The van der Waals surface area contributed by atoms with Gasteiger partial charge in [0.15, 0.2) is 11.5 Å². The number of benzene rings is 2. The number of carbonyl (C=O) groups excluding carboxylic acids is 2. The molecule has 1 N–H and O–H groups in total. The van der Waals surface area contributed by atoms with E-state index in [9.17, 15) is 9.59 Å². The Morgan fingerprint density at radius 2 is 1.66 bits per heavy atom. The summed E-state index contributed by atoms with van der Waals surface area (Å²) in [7, 11) is 0. The Kier molecular flexibility index (Phi) is 7.28. The lowest BCUT2D eigenvalue weighted by Gasteiger charge is -2.30. The molecule has 0 saturated carbocycles. The molecule has 2 amide bonds. The highest BCUT2D eigenvalue weighted by Gasteiger charge is 2.24. The molecule has 1 heterocycles. The molecule has 0 aliphatic carbocycles. The minimum atomic E-state index is -0.596. The third-order valence-corrected chi connectivity index (χ3v) is 4.92. The highest BCUT2D eigenvalue weighted by Crippen LogP contribution is 2.34. The van der Waals surface area contributed by atoms with Crippen LogP contribution in [0.1, 0.15) is 56.1 Å². The largest absolute Gasteiger partial charge is 0.490 e. The number of nitrogens with zero attached hydrogens (tertiary/aromatic N) is 1. The van der Waals surface area contributed by atoms with Gasteiger partial charge in [0.1, 0.15) is 5.60 Å². The number of amides is 2. The van der Waals surface area contributed by atoms with Crippen LogP contribution in [0.2, 0.25) is 0 Å². The second-order valence-electron chi connectivity index (χ2n) is 8.62. The Labute approximate surface area is 189 Å². The molecule has 3 rings (SSSR count). The van der Waals surface area contributed by atoms with Crippen molar-refractivity contribution in [3.63, 3.8) is 0 Å². The van der Waals surface area contributed by atoms with Crippen LogP contribution in [0.5, 0.6) is 11.5 Å². The molecule has 7 nitrogen and oxygen atoms in total. The molecule has 0 bridgehead atoms. The van der Waals surface area contributed by atoms with E-state index in [0.717, 1.165) is 17.7 Å². The van der Waals surface area contributed by atoms with Gasteiger partial charge in [-0.05, 0) is 82.5 Å². The third kappa shape index (κ3) is 5.93. The van der Waals surface area contributed by atoms with Gasteiger partial charge in [-0.15, -0.1) is 0 Å². The normalized spacial score (nSPS) is 13.2. The highest BCUT2D eigenvalue weighted by molar-refractivity contribution is 5.96. The zero-order valence-corrected chi connectivity index (χ0v) is 19.5. The van der Waals surface area contributed by atoms with Gasteiger partial charge in [-0.2, -0.15) is 0 Å². The number of fused-ring (bicyclic) bond motifs is 1. The standard InChI is InChI=1S/C25H32N2O5/c1-6-30-21-14-17-11-12-27(16-19(17)15-22(21)31-7-2)23(28)18-9-8-10-20(13-18)26-24(29)32-25(3,4)5/h8-10,13-15H,6-7,11-12,16H2,1-5H3,(H,26,29). The van der Waals surface area contributed by atoms with Crippen molar-refractivity contribution in [2.75, 3.05) is 25.1 Å². The molecule has 0 spiro atoms. The molecule has 1 aliphatic heterocycles. The number of hydrogen-bond acceptors (Lipinski definition) is 5. The average Bonchev–Trinajstić information content (AvgIpc) is 2.72. The van der Waals surface area contributed by atoms with Gasteiger partial charge in [0.05, 0.1) is 13.2 Å². The van der Waals surface area contributed by atoms with Gasteiger partial charge >= 0.3 is 6.09 Å². The van der Waals surface area contributed by atoms with Gasteiger partial charge in [0, 0.05) is 24.3 Å². The fraction of sp³-hybridized carbons (Fsp3) is 0.440. The Morgan fingerprint density at radius 3 is 2.28 bits per heavy atom. The van der Waals surface area contributed by atoms with E-state index >= 15 is 0 Å². The van der Waals surface area contributed by atoms with E-state index in [2.05, 4.69) is 5.32 Å². The van der Waals surface area contributed by atoms with E-state index in [4.69, 9.17) is 14.2 Å². The quantitative estimate of drug-likeness (QED) is 0.682. The Hall–Kier alpha value is -3.22. The number of anilines is 1. The summed E-state index contributed by atoms with van der Waals surface area (Å²) in [5.74, 6) is 1.36. The summed E-state index contributed by atoms with van der Waals surface area (Å²) in [6.07, 6.45) is 0.186. The van der Waals surface area contributed by atoms with Crippen molar-refractivity contribution >= 4 is 17.7 Å². The monoisotopic (exact) mass is 440 g/mol. The molecular weight excluding hydrogens is 408 g/mol. The maximum Gasteiger partial charge on any atom is 0.412 e. The molecule has 172 valence electrons. The number of rotatable bonds is 6. The van der Waals surface area contributed by atoms with Crippen LogP contribution in [0.3, 0.4) is 0 Å². The van der Waals surface area contributed by atoms with Crippen molar-refractivity contribution < 1.29 is 23.8 Å². The zero-order valence-electron chi connectivity index (χ0n) is 19.5. The first-order chi connectivity index (χ1) is 15.2. The zero-order chi connectivity index (χ0) is 23.3. The predicted molar refractivity (Wildman–Crippen MR) is 124 cm³/mol. The van der Waals surface area contributed by atoms with Crippen LogP contribution in [-0.4, -0.2) is 42.3 Å². The summed E-state index contributed by atoms with van der Waals surface area (Å²) in [6, 6.07) is 10.9. The van der Waals surface area contributed by atoms with E-state index in [0.29, 0.717) is 43.3 Å². The van der Waals surface area contributed by atoms with Gasteiger partial charge in [-0.3, -0.25) is 10.1 Å². The average molecular weight is 441 g/mol. The second kappa shape index (κ2) is 9.94. The molecule has 0 atom stereocenters. The van der Waals surface area contributed by atoms with Crippen molar-refractivity contribution in [1.29, 1.82) is 0 Å². The lowest BCUT2D eigenvalue weighted by atomic mass is 9.98. The molecule has 1 aliphatic rings. The predicted octanol–water partition coefficient (Wildman–Crippen LogP) is 5.03. The molecule has 2 aromatic carbocycles. The molecule has 7 heteroatoms. The molecular formula is C25H32N2O5. The van der Waals surface area contributed by atoms with Crippen LogP contribution >= 0.6 is 0 Å². The number of nitrogens with one attached hydrogen (secondary N) is 1. The topological polar surface area (TPSA) is 77.1 Å². The van der Waals surface area contributed by atoms with Crippen molar-refractivity contribution in [3.05, 3.63) is 53.1 Å². The molecule has 0 radical (unpaired) electrons. The van der Waals surface area contributed by atoms with E-state index in [1.54, 1.807) is 45.0 Å². The van der Waals surface area contributed by atoms with E-state index in [-0.39, 0.29) is 5.91 Å². The number of ether oxygens (including phenoxy) is 3. The van der Waals surface area contributed by atoms with Gasteiger partial charge in [-0.25, -0.2) is 4.79 Å². The minimum Gasteiger partial charge on any atom is -0.490 e. The summed E-state index contributed by atoms with van der Waals surface area (Å²) >= 11 is 0. The maximum absolute atomic E-state index is 13.2. The SMILES string of the molecule is CCOc1cc2c(cc1OCC)CN(C(=O)c1cccc(NC(=O)OC(C)(C)C)c1)CC2. The molecule has 2 aromatic rings. The summed E-state index contributed by atoms with van der Waals surface area (Å²) < 4.78 is 16.8. The molecule has 0 fully saturated rings. The van der Waals surface area contributed by atoms with E-state index in [1.165, 1.54) is 5.56 Å². The van der Waals surface area contributed by atoms with Gasteiger partial charge in [0.2, 0.25) is 0 Å². The first-order valence-electron chi connectivity index (χ1n) is 11.0. The van der Waals surface area contributed by atoms with Crippen molar-refractivity contribution in [1.82, 2.24) is 4.90 Å². The molecule has 0 saturated heterocycles. The van der Waals surface area contributed by atoms with Crippen molar-refractivity contribution in [2.24, 2.45) is 0 Å². The fourth-order valence-corrected chi connectivity index (χ4v) is 3.61. The van der Waals surface area contributed by atoms with E-state index in [1.807, 2.05) is 30.9 Å². The first kappa shape index (κ1) is 23.4. The Balaban J connectivity index is 1.75. The summed E-state index contributed by atoms with van der Waals surface area (Å²) in [4.78, 5) is 27.0. The molecule has 0 unspecified atom stereocenters. The number of hydrogen-bond donors (Lipinski definition) is 1. The summed E-state index contributed by atoms with van der Waals surface area (Å²) in [5, 5.41) is 2.69.